The first kappa shape index (κ1) is 50.3. The molecule has 0 fully saturated rings. The molecule has 0 radical (unpaired) electrons. The number of hydrogen-bond acceptors (Lipinski definition) is 4. The van der Waals surface area contributed by atoms with Crippen molar-refractivity contribution in [3.63, 3.8) is 0 Å². The number of rotatable bonds is 10. The molecule has 16 aromatic rings. The molecule has 4 nitrogen and oxygen atoms in total. The van der Waals surface area contributed by atoms with Gasteiger partial charge in [-0.05, 0) is 164 Å². The molecule has 0 unspecified atom stereocenters. The Bertz CT molecular complexity index is 5040. The molecule has 0 aliphatic heterocycles. The Morgan fingerprint density at radius 1 is 0.287 bits per heavy atom. The van der Waals surface area contributed by atoms with Crippen LogP contribution >= 0.6 is 0 Å². The van der Waals surface area contributed by atoms with Gasteiger partial charge in [-0.2, -0.15) is 0 Å². The number of nitrogens with zero attached hydrogens (tertiary/aromatic N) is 2. The van der Waals surface area contributed by atoms with Gasteiger partial charge in [0.15, 0.2) is 0 Å². The summed E-state index contributed by atoms with van der Waals surface area (Å²) in [6.07, 6.45) is 0. The van der Waals surface area contributed by atoms with Crippen molar-refractivity contribution in [1.82, 2.24) is 0 Å². The Morgan fingerprint density at radius 2 is 0.644 bits per heavy atom. The maximum atomic E-state index is 7.59. The van der Waals surface area contributed by atoms with Crippen LogP contribution in [0.4, 0.5) is 34.1 Å². The van der Waals surface area contributed by atoms with Gasteiger partial charge in [-0.3, -0.25) is 0 Å². The Hall–Kier alpha value is -11.2. The highest BCUT2D eigenvalue weighted by molar-refractivity contribution is 6.25. The summed E-state index contributed by atoms with van der Waals surface area (Å²) in [5, 5.41) is 8.76. The monoisotopic (exact) mass is 1110 g/mol. The van der Waals surface area contributed by atoms with E-state index in [4.69, 9.17) is 8.83 Å². The van der Waals surface area contributed by atoms with Crippen molar-refractivity contribution in [2.45, 2.75) is 19.3 Å². The van der Waals surface area contributed by atoms with Gasteiger partial charge in [-0.25, -0.2) is 0 Å². The number of para-hydroxylation sites is 4. The van der Waals surface area contributed by atoms with Gasteiger partial charge in [0.05, 0.1) is 27.6 Å². The van der Waals surface area contributed by atoms with Crippen LogP contribution in [0.1, 0.15) is 33.4 Å². The van der Waals surface area contributed by atoms with Gasteiger partial charge in [0.25, 0.3) is 0 Å². The van der Waals surface area contributed by atoms with Crippen LogP contribution < -0.4 is 9.80 Å². The highest BCUT2D eigenvalue weighted by Gasteiger charge is 2.51. The largest absolute Gasteiger partial charge is 0.455 e. The highest BCUT2D eigenvalue weighted by atomic mass is 16.3. The number of benzene rings is 14. The predicted octanol–water partition coefficient (Wildman–Crippen LogP) is 23.0. The fraction of sp³-hybridized carbons (Fsp3) is 0.0361. The molecule has 87 heavy (non-hydrogen) atoms. The second kappa shape index (κ2) is 20.0. The molecule has 14 aromatic carbocycles. The zero-order valence-electron chi connectivity index (χ0n) is 48.1. The molecule has 0 saturated carbocycles. The smallest absolute Gasteiger partial charge is 0.145 e. The van der Waals surface area contributed by atoms with Crippen LogP contribution in [-0.4, -0.2) is 0 Å². The fourth-order valence-electron chi connectivity index (χ4n) is 14.3. The lowest BCUT2D eigenvalue weighted by atomic mass is 9.67. The zero-order chi connectivity index (χ0) is 57.7. The summed E-state index contributed by atoms with van der Waals surface area (Å²) in [5.41, 5.74) is 22.1. The van der Waals surface area contributed by atoms with Crippen molar-refractivity contribution in [3.05, 3.63) is 337 Å². The Balaban J connectivity index is 1.00. The quantitative estimate of drug-likeness (QED) is 0.137. The second-order valence-corrected chi connectivity index (χ2v) is 23.2. The lowest BCUT2D eigenvalue weighted by Crippen LogP contribution is -2.29. The third-order valence-electron chi connectivity index (χ3n) is 18.3. The minimum Gasteiger partial charge on any atom is -0.455 e. The summed E-state index contributed by atoms with van der Waals surface area (Å²) in [5.74, 6) is 0. The lowest BCUT2D eigenvalue weighted by molar-refractivity contribution is 0.665. The van der Waals surface area contributed by atoms with Crippen molar-refractivity contribution in [2.75, 3.05) is 9.80 Å². The van der Waals surface area contributed by atoms with Crippen molar-refractivity contribution in [3.8, 4) is 33.4 Å². The van der Waals surface area contributed by atoms with Crippen LogP contribution in [0.25, 0.3) is 98.8 Å². The van der Waals surface area contributed by atoms with E-state index in [-0.39, 0.29) is 0 Å². The van der Waals surface area contributed by atoms with E-state index in [1.807, 2.05) is 0 Å². The minimum absolute atomic E-state index is 0.806. The van der Waals surface area contributed by atoms with Crippen molar-refractivity contribution in [2.24, 2.45) is 0 Å². The van der Waals surface area contributed by atoms with E-state index in [9.17, 15) is 0 Å². The summed E-state index contributed by atoms with van der Waals surface area (Å²) in [4.78, 5) is 4.97. The van der Waals surface area contributed by atoms with Crippen LogP contribution in [0.2, 0.25) is 0 Å². The van der Waals surface area contributed by atoms with Gasteiger partial charge in [0, 0.05) is 44.6 Å². The lowest BCUT2D eigenvalue weighted by Gasteiger charge is -2.36. The Labute approximate surface area is 504 Å². The number of furan rings is 2. The van der Waals surface area contributed by atoms with Gasteiger partial charge in [0.2, 0.25) is 0 Å². The van der Waals surface area contributed by atoms with Crippen LogP contribution in [-0.2, 0) is 5.41 Å². The maximum absolute atomic E-state index is 7.59. The normalized spacial score (nSPS) is 12.6. The SMILES string of the molecule is Cc1ccccc1N(c1ccc2cc(-c3ccccc3)ccc2c1)c1cc2c(c3oc4ccccc4c13)-c1c(cc(N(c3ccc4cc(-c5ccccc5)ccc4c3)c3ccccc3C)c3c1oc1ccccc13)C2(c1ccccc1)c1ccccc1. The predicted molar refractivity (Wildman–Crippen MR) is 363 cm³/mol. The molecule has 2 heterocycles. The Morgan fingerprint density at radius 3 is 1.07 bits per heavy atom. The summed E-state index contributed by atoms with van der Waals surface area (Å²) in [7, 11) is 0. The molecule has 4 heteroatoms. The zero-order valence-corrected chi connectivity index (χ0v) is 48.1. The summed E-state index contributed by atoms with van der Waals surface area (Å²) >= 11 is 0. The molecule has 17 rings (SSSR count). The van der Waals surface area contributed by atoms with Crippen LogP contribution in [0.3, 0.4) is 0 Å². The highest BCUT2D eigenvalue weighted by Crippen LogP contribution is 2.64. The molecule has 2 aromatic heterocycles. The molecule has 0 saturated heterocycles. The fourth-order valence-corrected chi connectivity index (χ4v) is 14.3. The average molecular weight is 1110 g/mol. The molecule has 0 N–H and O–H groups in total. The Kier molecular flexibility index (Phi) is 11.6. The standard InChI is InChI=1S/C83H56N2O2/c1-53-23-15-19-35-71(53)84(65-45-43-59-47-57(39-41-61(59)49-65)55-25-7-3-8-26-55)73-51-69-79(81-77(73)67-33-17-21-37-75(67)86-81)80-70(83(69,63-29-11-5-12-30-63)64-31-13-6-14-32-64)52-74(78-68-34-18-22-38-76(68)87-82(78)80)85(72-36-20-16-24-54(72)2)66-46-44-60-48-58(40-42-62(60)50-66)56-27-9-4-10-28-56/h3-52H,1-2H3. The molecule has 1 aliphatic rings. The number of anilines is 6. The molecular formula is C83H56N2O2. The van der Waals surface area contributed by atoms with Crippen molar-refractivity contribution < 1.29 is 8.83 Å². The van der Waals surface area contributed by atoms with E-state index in [0.29, 0.717) is 0 Å². The molecule has 1 aliphatic carbocycles. The molecule has 410 valence electrons. The van der Waals surface area contributed by atoms with Crippen molar-refractivity contribution in [1.29, 1.82) is 0 Å². The number of aryl methyl sites for hydroxylation is 2. The van der Waals surface area contributed by atoms with Gasteiger partial charge in [0.1, 0.15) is 22.3 Å². The average Bonchev–Trinajstić information content (AvgIpc) is 1.51. The topological polar surface area (TPSA) is 32.8 Å². The van der Waals surface area contributed by atoms with Gasteiger partial charge in [-0.15, -0.1) is 0 Å². The molecule has 0 atom stereocenters. The van der Waals surface area contributed by atoms with E-state index in [1.165, 1.54) is 33.0 Å². The number of fused-ring (bicyclic) bond motifs is 13. The molecule has 0 amide bonds. The van der Waals surface area contributed by atoms with E-state index in [0.717, 1.165) is 133 Å². The molecule has 0 spiro atoms. The first-order valence-corrected chi connectivity index (χ1v) is 30.0. The van der Waals surface area contributed by atoms with E-state index >= 15 is 0 Å². The number of hydrogen-bond donors (Lipinski definition) is 0. The summed E-state index contributed by atoms with van der Waals surface area (Å²) < 4.78 is 15.2. The van der Waals surface area contributed by atoms with Crippen LogP contribution in [0.5, 0.6) is 0 Å². The maximum Gasteiger partial charge on any atom is 0.145 e. The molecular weight excluding hydrogens is 1060 g/mol. The third kappa shape index (κ3) is 7.84. The third-order valence-corrected chi connectivity index (χ3v) is 18.3. The minimum atomic E-state index is -0.930. The van der Waals surface area contributed by atoms with E-state index < -0.39 is 5.41 Å². The first-order valence-electron chi connectivity index (χ1n) is 30.0. The first-order chi connectivity index (χ1) is 43.0. The second-order valence-electron chi connectivity index (χ2n) is 23.2. The van der Waals surface area contributed by atoms with Crippen molar-refractivity contribution >= 4 is 99.5 Å². The van der Waals surface area contributed by atoms with Crippen LogP contribution in [0, 0.1) is 13.8 Å². The summed E-state index contributed by atoms with van der Waals surface area (Å²) in [6.45, 7) is 4.44. The van der Waals surface area contributed by atoms with Gasteiger partial charge < -0.3 is 18.6 Å². The van der Waals surface area contributed by atoms with E-state index in [1.54, 1.807) is 0 Å². The van der Waals surface area contributed by atoms with E-state index in [2.05, 4.69) is 327 Å². The van der Waals surface area contributed by atoms with Gasteiger partial charge in [-0.1, -0.05) is 231 Å². The van der Waals surface area contributed by atoms with Crippen LogP contribution in [0.15, 0.2) is 312 Å². The van der Waals surface area contributed by atoms with Gasteiger partial charge >= 0.3 is 0 Å². The summed E-state index contributed by atoms with van der Waals surface area (Å²) in [6, 6.07) is 111. The molecule has 0 bridgehead atoms.